The first-order valence-corrected chi connectivity index (χ1v) is 18.6. The summed E-state index contributed by atoms with van der Waals surface area (Å²) in [6.07, 6.45) is 6.55. The van der Waals surface area contributed by atoms with Crippen LogP contribution in [0.5, 0.6) is 0 Å². The van der Waals surface area contributed by atoms with E-state index in [9.17, 15) is 32.4 Å². The molecule has 0 aromatic heterocycles. The first-order chi connectivity index (χ1) is 21.2. The van der Waals surface area contributed by atoms with Crippen molar-refractivity contribution in [3.8, 4) is 0 Å². The summed E-state index contributed by atoms with van der Waals surface area (Å²) in [7, 11) is -3.56. The Hall–Kier alpha value is -2.70. The van der Waals surface area contributed by atoms with Crippen LogP contribution in [0.2, 0.25) is 0 Å². The summed E-state index contributed by atoms with van der Waals surface area (Å²) in [5.41, 5.74) is -1.72. The normalized spacial score (nSPS) is 18.8. The van der Waals surface area contributed by atoms with Crippen LogP contribution in [0.3, 0.4) is 0 Å². The van der Waals surface area contributed by atoms with E-state index >= 15 is 0 Å². The molecule has 0 radical (unpaired) electrons. The number of carbonyl (C=O) groups excluding carboxylic acids is 5. The monoisotopic (exact) mass is 669 g/mol. The van der Waals surface area contributed by atoms with Gasteiger partial charge in [-0.05, 0) is 71.6 Å². The maximum atomic E-state index is 14.2. The lowest BCUT2D eigenvalue weighted by atomic mass is 9.83. The number of Topliss-reactive ketones (excluding diaryl/α,β-unsaturated/α-hetero) is 1. The summed E-state index contributed by atoms with van der Waals surface area (Å²) < 4.78 is 25.5. The standard InChI is InChI=1S/C33H59N5O7S/c1-10-15-24(25(39)28(41)34-23-16-17-23)35-27(40)22(3)38(20-11-2)29(42)26(31(4,5)6)36-30(43)37-33(18-13-12-14-19-33)21-46(44,45)32(7,8)9/h22-24,26H,10-21H2,1-9H3,(H,34,41)(H,35,40)(H2,36,37,43)/t22-,24-,26+/m0/s1. The van der Waals surface area contributed by atoms with E-state index < -0.39 is 73.2 Å². The molecule has 46 heavy (non-hydrogen) atoms. The fourth-order valence-electron chi connectivity index (χ4n) is 5.71. The Balaban J connectivity index is 2.26. The number of carbonyl (C=O) groups is 5. The number of hydrogen-bond acceptors (Lipinski definition) is 7. The molecule has 12 nitrogen and oxygen atoms in total. The van der Waals surface area contributed by atoms with Gasteiger partial charge in [0.15, 0.2) is 9.84 Å². The third-order valence-corrected chi connectivity index (χ3v) is 11.7. The average Bonchev–Trinajstić information content (AvgIpc) is 3.76. The summed E-state index contributed by atoms with van der Waals surface area (Å²) >= 11 is 0. The summed E-state index contributed by atoms with van der Waals surface area (Å²) in [5.74, 6) is -2.67. The number of rotatable bonds is 15. The largest absolute Gasteiger partial charge is 0.347 e. The second kappa shape index (κ2) is 15.9. The lowest BCUT2D eigenvalue weighted by Crippen LogP contribution is -2.64. The van der Waals surface area contributed by atoms with Crippen LogP contribution in [0.1, 0.15) is 127 Å². The summed E-state index contributed by atoms with van der Waals surface area (Å²) in [5, 5.41) is 11.2. The number of nitrogens with one attached hydrogen (secondary N) is 4. The minimum atomic E-state index is -3.56. The molecular weight excluding hydrogens is 610 g/mol. The van der Waals surface area contributed by atoms with Crippen LogP contribution in [-0.4, -0.2) is 89.6 Å². The van der Waals surface area contributed by atoms with Gasteiger partial charge >= 0.3 is 6.03 Å². The summed E-state index contributed by atoms with van der Waals surface area (Å²) in [6.45, 7) is 15.9. The molecule has 3 atom stereocenters. The van der Waals surface area contributed by atoms with Crippen molar-refractivity contribution in [1.29, 1.82) is 0 Å². The van der Waals surface area contributed by atoms with Crippen LogP contribution < -0.4 is 21.3 Å². The topological polar surface area (TPSA) is 171 Å². The molecule has 2 fully saturated rings. The highest BCUT2D eigenvalue weighted by Crippen LogP contribution is 2.33. The third kappa shape index (κ3) is 10.9. The first kappa shape index (κ1) is 39.5. The molecule has 0 unspecified atom stereocenters. The second-order valence-electron chi connectivity index (χ2n) is 15.3. The van der Waals surface area contributed by atoms with Gasteiger partial charge in [-0.1, -0.05) is 60.3 Å². The molecule has 0 heterocycles. The summed E-state index contributed by atoms with van der Waals surface area (Å²) in [4.78, 5) is 67.9. The zero-order valence-electron chi connectivity index (χ0n) is 29.5. The van der Waals surface area contributed by atoms with Crippen molar-refractivity contribution in [1.82, 2.24) is 26.2 Å². The van der Waals surface area contributed by atoms with Crippen LogP contribution in [0, 0.1) is 5.41 Å². The van der Waals surface area contributed by atoms with Crippen molar-refractivity contribution in [3.05, 3.63) is 0 Å². The van der Waals surface area contributed by atoms with E-state index in [2.05, 4.69) is 21.3 Å². The van der Waals surface area contributed by atoms with Crippen LogP contribution in [0.4, 0.5) is 4.79 Å². The highest BCUT2D eigenvalue weighted by Gasteiger charge is 2.44. The van der Waals surface area contributed by atoms with Crippen LogP contribution in [0.15, 0.2) is 0 Å². The van der Waals surface area contributed by atoms with E-state index in [4.69, 9.17) is 0 Å². The highest BCUT2D eigenvalue weighted by atomic mass is 32.2. The quantitative estimate of drug-likeness (QED) is 0.194. The zero-order valence-corrected chi connectivity index (χ0v) is 30.3. The predicted octanol–water partition coefficient (Wildman–Crippen LogP) is 3.38. The lowest BCUT2D eigenvalue weighted by Gasteiger charge is -2.41. The average molecular weight is 670 g/mol. The van der Waals surface area contributed by atoms with E-state index in [0.717, 1.165) is 32.1 Å². The smallest absolute Gasteiger partial charge is 0.315 e. The van der Waals surface area contributed by atoms with Gasteiger partial charge < -0.3 is 26.2 Å². The van der Waals surface area contributed by atoms with Crippen molar-refractivity contribution in [2.75, 3.05) is 12.3 Å². The van der Waals surface area contributed by atoms with Gasteiger partial charge in [-0.3, -0.25) is 19.2 Å². The molecule has 0 aromatic carbocycles. The Morgan fingerprint density at radius 3 is 1.96 bits per heavy atom. The predicted molar refractivity (Wildman–Crippen MR) is 179 cm³/mol. The second-order valence-corrected chi connectivity index (χ2v) is 18.0. The van der Waals surface area contributed by atoms with Crippen molar-refractivity contribution in [3.63, 3.8) is 0 Å². The molecule has 2 saturated carbocycles. The molecule has 2 aliphatic rings. The van der Waals surface area contributed by atoms with Gasteiger partial charge in [0, 0.05) is 12.6 Å². The van der Waals surface area contributed by atoms with Gasteiger partial charge in [-0.2, -0.15) is 0 Å². The number of nitrogens with zero attached hydrogens (tertiary/aromatic N) is 1. The molecule has 0 saturated heterocycles. The number of hydrogen-bond donors (Lipinski definition) is 4. The number of sulfone groups is 1. The molecule has 4 N–H and O–H groups in total. The molecule has 2 aliphatic carbocycles. The highest BCUT2D eigenvalue weighted by molar-refractivity contribution is 7.92. The van der Waals surface area contributed by atoms with E-state index in [1.54, 1.807) is 48.5 Å². The zero-order chi connectivity index (χ0) is 35.1. The molecule has 0 aromatic rings. The molecule has 2 rings (SSSR count). The first-order valence-electron chi connectivity index (χ1n) is 16.9. The van der Waals surface area contributed by atoms with E-state index in [0.29, 0.717) is 25.7 Å². The van der Waals surface area contributed by atoms with Gasteiger partial charge in [0.1, 0.15) is 12.1 Å². The molecular formula is C33H59N5O7S. The molecule has 0 spiro atoms. The van der Waals surface area contributed by atoms with Gasteiger partial charge in [0.05, 0.1) is 22.1 Å². The lowest BCUT2D eigenvalue weighted by molar-refractivity contribution is -0.145. The Morgan fingerprint density at radius 1 is 0.891 bits per heavy atom. The number of urea groups is 1. The molecule has 5 amide bonds. The van der Waals surface area contributed by atoms with Crippen molar-refractivity contribution in [2.24, 2.45) is 5.41 Å². The Bertz CT molecular complexity index is 1210. The minimum absolute atomic E-state index is 0.000865. The molecule has 13 heteroatoms. The Morgan fingerprint density at radius 2 is 1.48 bits per heavy atom. The van der Waals surface area contributed by atoms with Crippen molar-refractivity contribution in [2.45, 2.75) is 161 Å². The fraction of sp³-hybridized carbons (Fsp3) is 0.848. The van der Waals surface area contributed by atoms with Crippen LogP contribution in [0.25, 0.3) is 0 Å². The van der Waals surface area contributed by atoms with E-state index in [1.807, 2.05) is 13.8 Å². The number of amides is 5. The minimum Gasteiger partial charge on any atom is -0.347 e. The van der Waals surface area contributed by atoms with E-state index in [-0.39, 0.29) is 24.8 Å². The third-order valence-electron chi connectivity index (χ3n) is 8.92. The maximum absolute atomic E-state index is 14.2. The van der Waals surface area contributed by atoms with Crippen LogP contribution >= 0.6 is 0 Å². The SMILES string of the molecule is CCC[C@H](NC(=O)[C@H](C)N(CCC)C(=O)[C@@H](NC(=O)NC1(CS(=O)(=O)C(C)(C)C)CCCCC1)C(C)(C)C)C(=O)C(=O)NC1CC1. The van der Waals surface area contributed by atoms with Gasteiger partial charge in [-0.15, -0.1) is 0 Å². The van der Waals surface area contributed by atoms with Crippen LogP contribution in [-0.2, 0) is 29.0 Å². The van der Waals surface area contributed by atoms with Gasteiger partial charge in [-0.25, -0.2) is 13.2 Å². The maximum Gasteiger partial charge on any atom is 0.315 e. The fourth-order valence-corrected chi connectivity index (χ4v) is 7.23. The van der Waals surface area contributed by atoms with Gasteiger partial charge in [0.2, 0.25) is 17.6 Å². The summed E-state index contributed by atoms with van der Waals surface area (Å²) in [6, 6.07) is -3.70. The van der Waals surface area contributed by atoms with Crippen molar-refractivity contribution >= 4 is 39.4 Å². The van der Waals surface area contributed by atoms with Crippen molar-refractivity contribution < 1.29 is 32.4 Å². The molecule has 0 aliphatic heterocycles. The van der Waals surface area contributed by atoms with E-state index in [1.165, 1.54) is 4.90 Å². The Labute approximate surface area is 276 Å². The Kier molecular flexibility index (Phi) is 13.7. The molecule has 0 bridgehead atoms. The number of ketones is 1. The molecule has 264 valence electrons. The van der Waals surface area contributed by atoms with Gasteiger partial charge in [0.25, 0.3) is 5.91 Å².